The molecule has 3 heteroatoms. The summed E-state index contributed by atoms with van der Waals surface area (Å²) in [5, 5.41) is 0. The van der Waals surface area contributed by atoms with Gasteiger partial charge in [-0.25, -0.2) is 0 Å². The fraction of sp³-hybridized carbons (Fsp3) is 0.462. The molecule has 1 rings (SSSR count). The van der Waals surface area contributed by atoms with Gasteiger partial charge in [-0.15, -0.1) is 0 Å². The van der Waals surface area contributed by atoms with Crippen molar-refractivity contribution >= 4 is 11.7 Å². The minimum Gasteiger partial charge on any atom is -0.469 e. The van der Waals surface area contributed by atoms with Gasteiger partial charge in [0.2, 0.25) is 0 Å². The zero-order valence-corrected chi connectivity index (χ0v) is 10.3. The summed E-state index contributed by atoms with van der Waals surface area (Å²) in [6.45, 7) is 6.33. The van der Waals surface area contributed by atoms with Crippen molar-refractivity contribution in [2.24, 2.45) is 0 Å². The number of nitrogen functional groups attached to an aromatic ring is 1. The summed E-state index contributed by atoms with van der Waals surface area (Å²) in [5.74, 6) is -0.247. The number of ether oxygens (including phenoxy) is 1. The van der Waals surface area contributed by atoms with Gasteiger partial charge in [-0.1, -0.05) is 32.9 Å². The molecular formula is C13H19NO2. The average Bonchev–Trinajstić information content (AvgIpc) is 2.15. The van der Waals surface area contributed by atoms with Crippen LogP contribution in [0.3, 0.4) is 0 Å². The van der Waals surface area contributed by atoms with Crippen molar-refractivity contribution in [1.29, 1.82) is 0 Å². The number of hydrogen-bond donors (Lipinski definition) is 1. The Hall–Kier alpha value is -1.51. The Morgan fingerprint density at radius 1 is 1.38 bits per heavy atom. The molecule has 0 aliphatic rings. The van der Waals surface area contributed by atoms with Gasteiger partial charge in [0.25, 0.3) is 0 Å². The standard InChI is InChI=1S/C13H19NO2/c1-13(2,3)10-6-5-9(7-11(10)14)8-12(15)16-4/h5-7H,8,14H2,1-4H3. The predicted molar refractivity (Wildman–Crippen MR) is 65.3 cm³/mol. The molecular weight excluding hydrogens is 202 g/mol. The Labute approximate surface area is 96.6 Å². The Balaban J connectivity index is 2.96. The van der Waals surface area contributed by atoms with Crippen LogP contribution in [0.2, 0.25) is 0 Å². The van der Waals surface area contributed by atoms with E-state index in [0.717, 1.165) is 16.8 Å². The molecule has 88 valence electrons. The summed E-state index contributed by atoms with van der Waals surface area (Å²) in [6.07, 6.45) is 0.269. The van der Waals surface area contributed by atoms with Crippen LogP contribution in [0.4, 0.5) is 5.69 Å². The maximum Gasteiger partial charge on any atom is 0.309 e. The van der Waals surface area contributed by atoms with E-state index < -0.39 is 0 Å². The van der Waals surface area contributed by atoms with E-state index in [2.05, 4.69) is 25.5 Å². The van der Waals surface area contributed by atoms with E-state index in [1.807, 2.05) is 18.2 Å². The number of nitrogens with two attached hydrogens (primary N) is 1. The molecule has 0 bridgehead atoms. The van der Waals surface area contributed by atoms with Crippen LogP contribution in [0.5, 0.6) is 0 Å². The van der Waals surface area contributed by atoms with E-state index in [1.54, 1.807) is 0 Å². The smallest absolute Gasteiger partial charge is 0.309 e. The van der Waals surface area contributed by atoms with Crippen molar-refractivity contribution in [3.8, 4) is 0 Å². The van der Waals surface area contributed by atoms with Gasteiger partial charge in [0, 0.05) is 5.69 Å². The van der Waals surface area contributed by atoms with Gasteiger partial charge in [0.15, 0.2) is 0 Å². The van der Waals surface area contributed by atoms with Crippen molar-refractivity contribution in [3.63, 3.8) is 0 Å². The van der Waals surface area contributed by atoms with E-state index >= 15 is 0 Å². The molecule has 1 aromatic rings. The molecule has 0 saturated heterocycles. The molecule has 0 aliphatic carbocycles. The zero-order valence-electron chi connectivity index (χ0n) is 10.3. The first-order chi connectivity index (χ1) is 7.34. The van der Waals surface area contributed by atoms with Gasteiger partial charge in [0.1, 0.15) is 0 Å². The number of anilines is 1. The third-order valence-electron chi connectivity index (χ3n) is 2.50. The van der Waals surface area contributed by atoms with Crippen molar-refractivity contribution in [1.82, 2.24) is 0 Å². The number of methoxy groups -OCH3 is 1. The second-order valence-electron chi connectivity index (χ2n) is 4.92. The number of hydrogen-bond acceptors (Lipinski definition) is 3. The summed E-state index contributed by atoms with van der Waals surface area (Å²) in [6, 6.07) is 5.75. The lowest BCUT2D eigenvalue weighted by atomic mass is 9.85. The van der Waals surface area contributed by atoms with Gasteiger partial charge in [0.05, 0.1) is 13.5 Å². The summed E-state index contributed by atoms with van der Waals surface area (Å²) < 4.78 is 4.61. The summed E-state index contributed by atoms with van der Waals surface area (Å²) >= 11 is 0. The molecule has 0 unspecified atom stereocenters. The van der Waals surface area contributed by atoms with Crippen molar-refractivity contribution in [3.05, 3.63) is 29.3 Å². The van der Waals surface area contributed by atoms with Gasteiger partial charge in [-0.05, 0) is 22.6 Å². The molecule has 1 aromatic carbocycles. The van der Waals surface area contributed by atoms with E-state index in [1.165, 1.54) is 7.11 Å². The second kappa shape index (κ2) is 4.56. The summed E-state index contributed by atoms with van der Waals surface area (Å²) in [5.41, 5.74) is 8.71. The second-order valence-corrected chi connectivity index (χ2v) is 4.92. The number of carbonyl (C=O) groups is 1. The fourth-order valence-corrected chi connectivity index (χ4v) is 1.64. The lowest BCUT2D eigenvalue weighted by molar-refractivity contribution is -0.139. The van der Waals surface area contributed by atoms with Crippen LogP contribution >= 0.6 is 0 Å². The molecule has 0 atom stereocenters. The normalized spacial score (nSPS) is 11.2. The topological polar surface area (TPSA) is 52.3 Å². The number of carbonyl (C=O) groups excluding carboxylic acids is 1. The number of esters is 1. The Morgan fingerprint density at radius 2 is 2.00 bits per heavy atom. The third-order valence-corrected chi connectivity index (χ3v) is 2.50. The van der Waals surface area contributed by atoms with E-state index in [4.69, 9.17) is 5.73 Å². The van der Waals surface area contributed by atoms with Gasteiger partial charge < -0.3 is 10.5 Å². The molecule has 0 amide bonds. The van der Waals surface area contributed by atoms with Crippen LogP contribution in [-0.2, 0) is 21.4 Å². The van der Waals surface area contributed by atoms with E-state index in [-0.39, 0.29) is 17.8 Å². The van der Waals surface area contributed by atoms with Crippen LogP contribution < -0.4 is 5.73 Å². The fourth-order valence-electron chi connectivity index (χ4n) is 1.64. The quantitative estimate of drug-likeness (QED) is 0.615. The van der Waals surface area contributed by atoms with Crippen molar-refractivity contribution in [2.75, 3.05) is 12.8 Å². The van der Waals surface area contributed by atoms with Crippen LogP contribution in [0, 0.1) is 0 Å². The predicted octanol–water partition coefficient (Wildman–Crippen LogP) is 2.28. The molecule has 0 saturated carbocycles. The average molecular weight is 221 g/mol. The molecule has 0 fully saturated rings. The first kappa shape index (κ1) is 12.6. The molecule has 3 nitrogen and oxygen atoms in total. The molecule has 2 N–H and O–H groups in total. The highest BCUT2D eigenvalue weighted by molar-refractivity contribution is 5.73. The van der Waals surface area contributed by atoms with Crippen molar-refractivity contribution < 1.29 is 9.53 Å². The molecule has 16 heavy (non-hydrogen) atoms. The van der Waals surface area contributed by atoms with Gasteiger partial charge in [-0.3, -0.25) is 4.79 Å². The minimum atomic E-state index is -0.247. The van der Waals surface area contributed by atoms with Crippen LogP contribution in [-0.4, -0.2) is 13.1 Å². The molecule has 0 spiro atoms. The lowest BCUT2D eigenvalue weighted by Crippen LogP contribution is -2.14. The Bertz CT molecular complexity index is 391. The number of rotatable bonds is 2. The summed E-state index contributed by atoms with van der Waals surface area (Å²) in [7, 11) is 1.38. The number of benzene rings is 1. The van der Waals surface area contributed by atoms with Crippen LogP contribution in [0.15, 0.2) is 18.2 Å². The first-order valence-electron chi connectivity index (χ1n) is 5.30. The molecule has 0 radical (unpaired) electrons. The van der Waals surface area contributed by atoms with Crippen LogP contribution in [0.1, 0.15) is 31.9 Å². The molecule has 0 aliphatic heterocycles. The largest absolute Gasteiger partial charge is 0.469 e. The lowest BCUT2D eigenvalue weighted by Gasteiger charge is -2.21. The Kier molecular flexibility index (Phi) is 3.58. The highest BCUT2D eigenvalue weighted by Gasteiger charge is 2.17. The summed E-state index contributed by atoms with van der Waals surface area (Å²) in [4.78, 5) is 11.1. The highest BCUT2D eigenvalue weighted by Crippen LogP contribution is 2.28. The zero-order chi connectivity index (χ0) is 12.3. The maximum atomic E-state index is 11.1. The highest BCUT2D eigenvalue weighted by atomic mass is 16.5. The third kappa shape index (κ3) is 2.99. The molecule has 0 aromatic heterocycles. The van der Waals surface area contributed by atoms with Gasteiger partial charge >= 0.3 is 5.97 Å². The van der Waals surface area contributed by atoms with Crippen LogP contribution in [0.25, 0.3) is 0 Å². The maximum absolute atomic E-state index is 11.1. The first-order valence-corrected chi connectivity index (χ1v) is 5.30. The monoisotopic (exact) mass is 221 g/mol. The minimum absolute atomic E-state index is 0.0217. The van der Waals surface area contributed by atoms with E-state index in [9.17, 15) is 4.79 Å². The van der Waals surface area contributed by atoms with Crippen molar-refractivity contribution in [2.45, 2.75) is 32.6 Å². The Morgan fingerprint density at radius 3 is 2.44 bits per heavy atom. The van der Waals surface area contributed by atoms with Gasteiger partial charge in [-0.2, -0.15) is 0 Å². The molecule has 0 heterocycles. The SMILES string of the molecule is COC(=O)Cc1ccc(C(C)(C)C)c(N)c1. The van der Waals surface area contributed by atoms with E-state index in [0.29, 0.717) is 0 Å².